The van der Waals surface area contributed by atoms with Gasteiger partial charge in [0.1, 0.15) is 5.75 Å². The van der Waals surface area contributed by atoms with Crippen LogP contribution in [0.3, 0.4) is 0 Å². The molecule has 0 bridgehead atoms. The number of pyridine rings is 1. The van der Waals surface area contributed by atoms with Gasteiger partial charge in [0.2, 0.25) is 11.6 Å². The maximum Gasteiger partial charge on any atom is 0.221 e. The van der Waals surface area contributed by atoms with E-state index in [0.29, 0.717) is 34.6 Å². The fraction of sp³-hybridized carbons (Fsp3) is 0.214. The number of aromatic nitrogens is 1. The molecule has 2 aromatic rings. The lowest BCUT2D eigenvalue weighted by Crippen LogP contribution is -2.00. The highest BCUT2D eigenvalue weighted by atomic mass is 16.5. The molecule has 2 rings (SSSR count). The Labute approximate surface area is 122 Å². The first kappa shape index (κ1) is 14.6. The molecule has 21 heavy (non-hydrogen) atoms. The molecule has 0 spiro atoms. The highest BCUT2D eigenvalue weighted by Gasteiger charge is 2.14. The first-order valence-electron chi connectivity index (χ1n) is 6.09. The first-order chi connectivity index (χ1) is 10.1. The average Bonchev–Trinajstić information content (AvgIpc) is 2.49. The molecule has 0 aliphatic carbocycles. The fourth-order valence-corrected chi connectivity index (χ4v) is 1.76. The highest BCUT2D eigenvalue weighted by molar-refractivity contribution is 5.59. The number of nitrogens with two attached hydrogens (primary N) is 2. The van der Waals surface area contributed by atoms with Crippen molar-refractivity contribution in [2.75, 3.05) is 32.8 Å². The van der Waals surface area contributed by atoms with Crippen molar-refractivity contribution < 1.29 is 18.9 Å². The van der Waals surface area contributed by atoms with E-state index < -0.39 is 0 Å². The molecule has 4 N–H and O–H groups in total. The average molecular weight is 291 g/mol. The quantitative estimate of drug-likeness (QED) is 0.869. The number of hydrogen-bond donors (Lipinski definition) is 2. The van der Waals surface area contributed by atoms with Gasteiger partial charge in [0.25, 0.3) is 0 Å². The SMILES string of the molecule is COc1cc(Oc2ccc(N)c(N)n2)cc(OC)c1OC. The predicted molar refractivity (Wildman–Crippen MR) is 79.2 cm³/mol. The second-order valence-corrected chi connectivity index (χ2v) is 4.09. The number of ether oxygens (including phenoxy) is 4. The zero-order valence-corrected chi connectivity index (χ0v) is 12.0. The minimum Gasteiger partial charge on any atom is -0.493 e. The summed E-state index contributed by atoms with van der Waals surface area (Å²) in [4.78, 5) is 4.04. The Morgan fingerprint density at radius 3 is 2.00 bits per heavy atom. The molecule has 112 valence electrons. The lowest BCUT2D eigenvalue weighted by Gasteiger charge is -2.14. The normalized spacial score (nSPS) is 10.0. The van der Waals surface area contributed by atoms with Gasteiger partial charge in [-0.2, -0.15) is 4.98 Å². The van der Waals surface area contributed by atoms with Gasteiger partial charge in [0, 0.05) is 18.2 Å². The summed E-state index contributed by atoms with van der Waals surface area (Å²) in [6, 6.07) is 6.57. The summed E-state index contributed by atoms with van der Waals surface area (Å²) in [6.45, 7) is 0. The topological polar surface area (TPSA) is 102 Å². The van der Waals surface area contributed by atoms with Gasteiger partial charge >= 0.3 is 0 Å². The monoisotopic (exact) mass is 291 g/mol. The van der Waals surface area contributed by atoms with Crippen LogP contribution in [0.25, 0.3) is 0 Å². The standard InChI is InChI=1S/C14H17N3O4/c1-18-10-6-8(7-11(19-2)13(10)20-3)21-12-5-4-9(15)14(16)17-12/h4-7H,15H2,1-3H3,(H2,16,17). The predicted octanol–water partition coefficient (Wildman–Crippen LogP) is 2.06. The smallest absolute Gasteiger partial charge is 0.221 e. The summed E-state index contributed by atoms with van der Waals surface area (Å²) in [5, 5.41) is 0. The van der Waals surface area contributed by atoms with Crippen LogP contribution in [-0.2, 0) is 0 Å². The minimum atomic E-state index is 0.208. The highest BCUT2D eigenvalue weighted by Crippen LogP contribution is 2.41. The second kappa shape index (κ2) is 6.08. The number of nitrogen functional groups attached to an aromatic ring is 2. The van der Waals surface area contributed by atoms with Gasteiger partial charge < -0.3 is 30.4 Å². The summed E-state index contributed by atoms with van der Waals surface area (Å²) in [6.07, 6.45) is 0. The van der Waals surface area contributed by atoms with E-state index in [1.807, 2.05) is 0 Å². The molecule has 0 amide bonds. The number of nitrogens with zero attached hydrogens (tertiary/aromatic N) is 1. The van der Waals surface area contributed by atoms with Crippen molar-refractivity contribution in [3.05, 3.63) is 24.3 Å². The van der Waals surface area contributed by atoms with E-state index in [2.05, 4.69) is 4.98 Å². The zero-order valence-electron chi connectivity index (χ0n) is 12.0. The third-order valence-electron chi connectivity index (χ3n) is 2.79. The van der Waals surface area contributed by atoms with E-state index in [0.717, 1.165) is 0 Å². The molecule has 0 saturated carbocycles. The lowest BCUT2D eigenvalue weighted by molar-refractivity contribution is 0.320. The van der Waals surface area contributed by atoms with E-state index in [4.69, 9.17) is 30.4 Å². The number of hydrogen-bond acceptors (Lipinski definition) is 7. The molecule has 7 heteroatoms. The van der Waals surface area contributed by atoms with E-state index in [1.165, 1.54) is 21.3 Å². The fourth-order valence-electron chi connectivity index (χ4n) is 1.76. The number of rotatable bonds is 5. The van der Waals surface area contributed by atoms with Crippen LogP contribution in [0.15, 0.2) is 24.3 Å². The van der Waals surface area contributed by atoms with Gasteiger partial charge in [-0.05, 0) is 6.07 Å². The summed E-state index contributed by atoms with van der Waals surface area (Å²) in [5.41, 5.74) is 11.7. The van der Waals surface area contributed by atoms with E-state index >= 15 is 0 Å². The molecule has 0 radical (unpaired) electrons. The van der Waals surface area contributed by atoms with Crippen LogP contribution >= 0.6 is 0 Å². The minimum absolute atomic E-state index is 0.208. The second-order valence-electron chi connectivity index (χ2n) is 4.09. The molecule has 0 atom stereocenters. The Morgan fingerprint density at radius 1 is 0.905 bits per heavy atom. The van der Waals surface area contributed by atoms with Gasteiger partial charge in [-0.3, -0.25) is 0 Å². The van der Waals surface area contributed by atoms with Crippen LogP contribution in [0.1, 0.15) is 0 Å². The molecular weight excluding hydrogens is 274 g/mol. The van der Waals surface area contributed by atoms with Crippen molar-refractivity contribution in [1.82, 2.24) is 4.98 Å². The summed E-state index contributed by atoms with van der Waals surface area (Å²) in [7, 11) is 4.59. The van der Waals surface area contributed by atoms with Crippen LogP contribution in [0.4, 0.5) is 11.5 Å². The molecule has 0 saturated heterocycles. The summed E-state index contributed by atoms with van der Waals surface area (Å²) < 4.78 is 21.4. The first-order valence-corrected chi connectivity index (χ1v) is 6.09. The van der Waals surface area contributed by atoms with Gasteiger partial charge in [-0.15, -0.1) is 0 Å². The van der Waals surface area contributed by atoms with Crippen molar-refractivity contribution in [1.29, 1.82) is 0 Å². The van der Waals surface area contributed by atoms with Crippen LogP contribution in [-0.4, -0.2) is 26.3 Å². The molecule has 1 heterocycles. The van der Waals surface area contributed by atoms with Gasteiger partial charge in [-0.25, -0.2) is 0 Å². The number of methoxy groups -OCH3 is 3. The molecular formula is C14H17N3O4. The Bertz CT molecular complexity index is 621. The Balaban J connectivity index is 2.37. The molecule has 0 aliphatic heterocycles. The van der Waals surface area contributed by atoms with Crippen LogP contribution in [0.5, 0.6) is 28.9 Å². The van der Waals surface area contributed by atoms with Gasteiger partial charge in [0.15, 0.2) is 17.3 Å². The maximum absolute atomic E-state index is 5.65. The zero-order chi connectivity index (χ0) is 15.4. The van der Waals surface area contributed by atoms with Crippen LogP contribution in [0.2, 0.25) is 0 Å². The number of anilines is 2. The van der Waals surface area contributed by atoms with Crippen molar-refractivity contribution in [2.45, 2.75) is 0 Å². The molecule has 0 fully saturated rings. The van der Waals surface area contributed by atoms with Gasteiger partial charge in [0.05, 0.1) is 27.0 Å². The Morgan fingerprint density at radius 2 is 1.52 bits per heavy atom. The largest absolute Gasteiger partial charge is 0.493 e. The van der Waals surface area contributed by atoms with E-state index in [1.54, 1.807) is 24.3 Å². The molecule has 7 nitrogen and oxygen atoms in total. The lowest BCUT2D eigenvalue weighted by atomic mass is 10.2. The van der Waals surface area contributed by atoms with Crippen molar-refractivity contribution in [3.63, 3.8) is 0 Å². The van der Waals surface area contributed by atoms with Crippen LogP contribution in [0, 0.1) is 0 Å². The van der Waals surface area contributed by atoms with Gasteiger partial charge in [-0.1, -0.05) is 0 Å². The Hall–Kier alpha value is -2.83. The Kier molecular flexibility index (Phi) is 4.22. The van der Waals surface area contributed by atoms with Crippen molar-refractivity contribution >= 4 is 11.5 Å². The summed E-state index contributed by atoms with van der Waals surface area (Å²) >= 11 is 0. The third-order valence-corrected chi connectivity index (χ3v) is 2.79. The third kappa shape index (κ3) is 3.02. The van der Waals surface area contributed by atoms with Crippen molar-refractivity contribution in [2.24, 2.45) is 0 Å². The molecule has 0 aliphatic rings. The van der Waals surface area contributed by atoms with Crippen LogP contribution < -0.4 is 30.4 Å². The maximum atomic E-state index is 5.65. The number of benzene rings is 1. The molecule has 1 aromatic carbocycles. The van der Waals surface area contributed by atoms with Crippen molar-refractivity contribution in [3.8, 4) is 28.9 Å². The molecule has 1 aromatic heterocycles. The summed E-state index contributed by atoms with van der Waals surface area (Å²) in [5.74, 6) is 2.44. The van der Waals surface area contributed by atoms with E-state index in [-0.39, 0.29) is 5.82 Å². The van der Waals surface area contributed by atoms with E-state index in [9.17, 15) is 0 Å². The molecule has 0 unspecified atom stereocenters.